The molecule has 4 heteroatoms. The SMILES string of the molecule is CCN(CCCC(N)=O)C(C)c1ccc(OC)cc1C. The molecule has 1 rings (SSSR count). The van der Waals surface area contributed by atoms with Gasteiger partial charge in [-0.15, -0.1) is 0 Å². The minimum absolute atomic E-state index is 0.227. The van der Waals surface area contributed by atoms with Gasteiger partial charge in [0.1, 0.15) is 5.75 Å². The summed E-state index contributed by atoms with van der Waals surface area (Å²) in [7, 11) is 1.68. The number of nitrogens with zero attached hydrogens (tertiary/aromatic N) is 1. The Morgan fingerprint density at radius 2 is 2.15 bits per heavy atom. The zero-order valence-corrected chi connectivity index (χ0v) is 13.0. The molecule has 0 radical (unpaired) electrons. The first-order valence-electron chi connectivity index (χ1n) is 7.16. The third kappa shape index (κ3) is 4.53. The van der Waals surface area contributed by atoms with Crippen LogP contribution in [-0.4, -0.2) is 31.0 Å². The van der Waals surface area contributed by atoms with E-state index in [1.165, 1.54) is 11.1 Å². The highest BCUT2D eigenvalue weighted by Crippen LogP contribution is 2.26. The molecule has 1 unspecified atom stereocenters. The van der Waals surface area contributed by atoms with Crippen molar-refractivity contribution in [1.29, 1.82) is 0 Å². The lowest BCUT2D eigenvalue weighted by Crippen LogP contribution is -2.29. The number of carbonyl (C=O) groups excluding carboxylic acids is 1. The van der Waals surface area contributed by atoms with Crippen molar-refractivity contribution in [1.82, 2.24) is 4.90 Å². The maximum atomic E-state index is 10.8. The normalized spacial score (nSPS) is 12.4. The Kier molecular flexibility index (Phi) is 6.52. The van der Waals surface area contributed by atoms with Crippen molar-refractivity contribution in [2.75, 3.05) is 20.2 Å². The highest BCUT2D eigenvalue weighted by molar-refractivity contribution is 5.73. The molecule has 1 aromatic carbocycles. The van der Waals surface area contributed by atoms with Crippen molar-refractivity contribution in [2.45, 2.75) is 39.7 Å². The predicted molar refractivity (Wildman–Crippen MR) is 81.8 cm³/mol. The van der Waals surface area contributed by atoms with Crippen LogP contribution >= 0.6 is 0 Å². The molecule has 0 aliphatic carbocycles. The molecule has 0 aliphatic heterocycles. The van der Waals surface area contributed by atoms with Gasteiger partial charge in [-0.1, -0.05) is 13.0 Å². The zero-order valence-electron chi connectivity index (χ0n) is 13.0. The molecule has 112 valence electrons. The van der Waals surface area contributed by atoms with Crippen LogP contribution in [0.2, 0.25) is 0 Å². The van der Waals surface area contributed by atoms with E-state index >= 15 is 0 Å². The zero-order chi connectivity index (χ0) is 15.1. The van der Waals surface area contributed by atoms with Crippen LogP contribution in [0.3, 0.4) is 0 Å². The molecule has 20 heavy (non-hydrogen) atoms. The van der Waals surface area contributed by atoms with Crippen LogP contribution < -0.4 is 10.5 Å². The number of ether oxygens (including phenoxy) is 1. The summed E-state index contributed by atoms with van der Waals surface area (Å²) in [6.07, 6.45) is 1.26. The maximum absolute atomic E-state index is 10.8. The van der Waals surface area contributed by atoms with Gasteiger partial charge in [0.2, 0.25) is 5.91 Å². The summed E-state index contributed by atoms with van der Waals surface area (Å²) in [5.41, 5.74) is 7.72. The largest absolute Gasteiger partial charge is 0.497 e. The number of aryl methyl sites for hydroxylation is 1. The second-order valence-electron chi connectivity index (χ2n) is 5.10. The molecule has 0 spiro atoms. The van der Waals surface area contributed by atoms with E-state index in [1.807, 2.05) is 6.07 Å². The summed E-state index contributed by atoms with van der Waals surface area (Å²) in [6, 6.07) is 6.49. The van der Waals surface area contributed by atoms with Crippen LogP contribution in [0.25, 0.3) is 0 Å². The van der Waals surface area contributed by atoms with Crippen LogP contribution in [0.1, 0.15) is 43.9 Å². The Morgan fingerprint density at radius 1 is 1.45 bits per heavy atom. The summed E-state index contributed by atoms with van der Waals surface area (Å²) in [5.74, 6) is 0.657. The van der Waals surface area contributed by atoms with Crippen molar-refractivity contribution in [2.24, 2.45) is 5.73 Å². The molecule has 1 aromatic rings. The smallest absolute Gasteiger partial charge is 0.217 e. The third-order valence-corrected chi connectivity index (χ3v) is 3.75. The number of methoxy groups -OCH3 is 1. The number of hydrogen-bond acceptors (Lipinski definition) is 3. The molecule has 0 bridgehead atoms. The first-order valence-corrected chi connectivity index (χ1v) is 7.16. The fraction of sp³-hybridized carbons (Fsp3) is 0.562. The highest BCUT2D eigenvalue weighted by atomic mass is 16.5. The van der Waals surface area contributed by atoms with Gasteiger partial charge in [0.25, 0.3) is 0 Å². The Labute approximate surface area is 121 Å². The van der Waals surface area contributed by atoms with E-state index < -0.39 is 0 Å². The quantitative estimate of drug-likeness (QED) is 0.795. The van der Waals surface area contributed by atoms with Crippen molar-refractivity contribution < 1.29 is 9.53 Å². The van der Waals surface area contributed by atoms with E-state index in [-0.39, 0.29) is 5.91 Å². The van der Waals surface area contributed by atoms with Crippen LogP contribution in [-0.2, 0) is 4.79 Å². The molecule has 0 heterocycles. The van der Waals surface area contributed by atoms with Crippen LogP contribution in [0.5, 0.6) is 5.75 Å². The van der Waals surface area contributed by atoms with Gasteiger partial charge in [0, 0.05) is 12.5 Å². The summed E-state index contributed by atoms with van der Waals surface area (Å²) >= 11 is 0. The maximum Gasteiger partial charge on any atom is 0.217 e. The van der Waals surface area contributed by atoms with Gasteiger partial charge in [0.15, 0.2) is 0 Å². The molecule has 0 aromatic heterocycles. The topological polar surface area (TPSA) is 55.6 Å². The predicted octanol–water partition coefficient (Wildman–Crippen LogP) is 2.65. The van der Waals surface area contributed by atoms with Gasteiger partial charge in [-0.3, -0.25) is 9.69 Å². The van der Waals surface area contributed by atoms with Gasteiger partial charge >= 0.3 is 0 Å². The number of primary amides is 1. The standard InChI is InChI=1S/C16H26N2O2/c1-5-18(10-6-7-16(17)19)13(3)15-9-8-14(20-4)11-12(15)2/h8-9,11,13H,5-7,10H2,1-4H3,(H2,17,19). The van der Waals surface area contributed by atoms with Crippen LogP contribution in [0, 0.1) is 6.92 Å². The van der Waals surface area contributed by atoms with E-state index in [0.717, 1.165) is 25.3 Å². The number of hydrogen-bond donors (Lipinski definition) is 1. The molecule has 1 amide bonds. The lowest BCUT2D eigenvalue weighted by Gasteiger charge is -2.29. The van der Waals surface area contributed by atoms with E-state index in [1.54, 1.807) is 7.11 Å². The average Bonchev–Trinajstić information content (AvgIpc) is 2.42. The second kappa shape index (κ2) is 7.90. The molecular weight excluding hydrogens is 252 g/mol. The summed E-state index contributed by atoms with van der Waals surface area (Å²) in [5, 5.41) is 0. The number of rotatable bonds is 8. The third-order valence-electron chi connectivity index (χ3n) is 3.75. The average molecular weight is 278 g/mol. The second-order valence-corrected chi connectivity index (χ2v) is 5.10. The minimum Gasteiger partial charge on any atom is -0.497 e. The fourth-order valence-corrected chi connectivity index (χ4v) is 2.52. The molecule has 4 nitrogen and oxygen atoms in total. The van der Waals surface area contributed by atoms with Crippen LogP contribution in [0.4, 0.5) is 0 Å². The molecule has 0 saturated carbocycles. The molecule has 2 N–H and O–H groups in total. The Bertz CT molecular complexity index is 446. The molecule has 0 saturated heterocycles. The lowest BCUT2D eigenvalue weighted by atomic mass is 10.0. The van der Waals surface area contributed by atoms with E-state index in [2.05, 4.69) is 37.8 Å². The van der Waals surface area contributed by atoms with Crippen molar-refractivity contribution in [3.63, 3.8) is 0 Å². The van der Waals surface area contributed by atoms with Crippen molar-refractivity contribution >= 4 is 5.91 Å². The van der Waals surface area contributed by atoms with E-state index in [0.29, 0.717) is 12.5 Å². The highest BCUT2D eigenvalue weighted by Gasteiger charge is 2.16. The van der Waals surface area contributed by atoms with Gasteiger partial charge < -0.3 is 10.5 Å². The summed E-state index contributed by atoms with van der Waals surface area (Å²) in [6.45, 7) is 8.27. The Hall–Kier alpha value is -1.55. The number of nitrogens with two attached hydrogens (primary N) is 1. The Balaban J connectivity index is 2.74. The minimum atomic E-state index is -0.227. The summed E-state index contributed by atoms with van der Waals surface area (Å²) in [4.78, 5) is 13.2. The molecule has 0 aliphatic rings. The monoisotopic (exact) mass is 278 g/mol. The van der Waals surface area contributed by atoms with Crippen molar-refractivity contribution in [3.05, 3.63) is 29.3 Å². The first kappa shape index (κ1) is 16.5. The molecule has 0 fully saturated rings. The van der Waals surface area contributed by atoms with Gasteiger partial charge in [-0.05, 0) is 56.6 Å². The number of carbonyl (C=O) groups is 1. The van der Waals surface area contributed by atoms with E-state index in [9.17, 15) is 4.79 Å². The van der Waals surface area contributed by atoms with Gasteiger partial charge in [0.05, 0.1) is 7.11 Å². The fourth-order valence-electron chi connectivity index (χ4n) is 2.52. The number of benzene rings is 1. The molecular formula is C16H26N2O2. The summed E-state index contributed by atoms with van der Waals surface area (Å²) < 4.78 is 5.24. The molecule has 1 atom stereocenters. The van der Waals surface area contributed by atoms with E-state index in [4.69, 9.17) is 10.5 Å². The van der Waals surface area contributed by atoms with Gasteiger partial charge in [-0.2, -0.15) is 0 Å². The van der Waals surface area contributed by atoms with Crippen molar-refractivity contribution in [3.8, 4) is 5.75 Å². The van der Waals surface area contributed by atoms with Gasteiger partial charge in [-0.25, -0.2) is 0 Å². The lowest BCUT2D eigenvalue weighted by molar-refractivity contribution is -0.118. The van der Waals surface area contributed by atoms with Crippen LogP contribution in [0.15, 0.2) is 18.2 Å². The first-order chi connectivity index (χ1) is 9.49. The number of amides is 1. The Morgan fingerprint density at radius 3 is 2.65 bits per heavy atom.